The van der Waals surface area contributed by atoms with Crippen LogP contribution in [0, 0.1) is 11.3 Å². The van der Waals surface area contributed by atoms with Crippen molar-refractivity contribution in [1.29, 1.82) is 0 Å². The zero-order valence-electron chi connectivity index (χ0n) is 10.4. The molecule has 1 atom stereocenters. The Morgan fingerprint density at radius 1 is 1.29 bits per heavy atom. The van der Waals surface area contributed by atoms with E-state index in [-0.39, 0.29) is 0 Å². The Morgan fingerprint density at radius 2 is 1.93 bits per heavy atom. The Labute approximate surface area is 89.7 Å². The molecule has 1 N–H and O–H groups in total. The molecular weight excluding hydrogens is 170 g/mol. The molecule has 0 radical (unpaired) electrons. The van der Waals surface area contributed by atoms with Crippen molar-refractivity contribution in [2.24, 2.45) is 11.3 Å². The predicted molar refractivity (Wildman–Crippen MR) is 63.5 cm³/mol. The zero-order valence-corrected chi connectivity index (χ0v) is 10.4. The lowest BCUT2D eigenvalue weighted by molar-refractivity contribution is 0.114. The molecule has 0 aromatic carbocycles. The molecule has 1 aliphatic rings. The Balaban J connectivity index is 2.50. The summed E-state index contributed by atoms with van der Waals surface area (Å²) in [7, 11) is 0. The second-order valence-electron chi connectivity index (χ2n) is 5.46. The highest BCUT2D eigenvalue weighted by atomic mass is 14.9. The van der Waals surface area contributed by atoms with Gasteiger partial charge in [0.25, 0.3) is 0 Å². The zero-order chi connectivity index (χ0) is 10.6. The van der Waals surface area contributed by atoms with E-state index >= 15 is 0 Å². The average Bonchev–Trinajstić information content (AvgIpc) is 2.08. The molecule has 14 heavy (non-hydrogen) atoms. The van der Waals surface area contributed by atoms with Gasteiger partial charge in [0.1, 0.15) is 0 Å². The molecular formula is C13H27N. The van der Waals surface area contributed by atoms with Crippen LogP contribution in [0.15, 0.2) is 0 Å². The number of hydrogen-bond donors (Lipinski definition) is 1. The van der Waals surface area contributed by atoms with Crippen molar-refractivity contribution in [3.8, 4) is 0 Å². The highest BCUT2D eigenvalue weighted by Crippen LogP contribution is 2.39. The highest BCUT2D eigenvalue weighted by molar-refractivity contribution is 4.92. The molecule has 1 aliphatic carbocycles. The highest BCUT2D eigenvalue weighted by Gasteiger charge is 2.36. The van der Waals surface area contributed by atoms with Crippen LogP contribution in [0.5, 0.6) is 0 Å². The van der Waals surface area contributed by atoms with Gasteiger partial charge < -0.3 is 5.32 Å². The molecule has 0 aliphatic heterocycles. The summed E-state index contributed by atoms with van der Waals surface area (Å²) < 4.78 is 0. The first-order chi connectivity index (χ1) is 6.61. The quantitative estimate of drug-likeness (QED) is 0.686. The number of nitrogens with one attached hydrogen (secondary N) is 1. The van der Waals surface area contributed by atoms with Crippen LogP contribution in [-0.4, -0.2) is 12.6 Å². The van der Waals surface area contributed by atoms with Gasteiger partial charge >= 0.3 is 0 Å². The summed E-state index contributed by atoms with van der Waals surface area (Å²) in [6.07, 6.45) is 6.89. The van der Waals surface area contributed by atoms with Crippen molar-refractivity contribution in [2.75, 3.05) is 6.54 Å². The normalized spacial score (nSPS) is 20.6. The Bertz CT molecular complexity index is 159. The molecule has 0 saturated heterocycles. The number of rotatable bonds is 6. The molecule has 0 aromatic heterocycles. The van der Waals surface area contributed by atoms with E-state index in [2.05, 4.69) is 33.0 Å². The fraction of sp³-hybridized carbons (Fsp3) is 1.00. The lowest BCUT2D eigenvalue weighted by Gasteiger charge is -2.44. The monoisotopic (exact) mass is 197 g/mol. The van der Waals surface area contributed by atoms with Crippen molar-refractivity contribution in [3.63, 3.8) is 0 Å². The Hall–Kier alpha value is -0.0400. The minimum Gasteiger partial charge on any atom is -0.313 e. The molecule has 84 valence electrons. The molecule has 0 heterocycles. The maximum Gasteiger partial charge on any atom is 0.0146 e. The van der Waals surface area contributed by atoms with Gasteiger partial charge in [-0.3, -0.25) is 0 Å². The van der Waals surface area contributed by atoms with Gasteiger partial charge in [0.2, 0.25) is 0 Å². The lowest BCUT2D eigenvalue weighted by Crippen LogP contribution is -2.49. The summed E-state index contributed by atoms with van der Waals surface area (Å²) in [5.41, 5.74) is 0.472. The molecule has 1 fully saturated rings. The van der Waals surface area contributed by atoms with Crippen LogP contribution in [0.4, 0.5) is 0 Å². The minimum absolute atomic E-state index is 0.472. The van der Waals surface area contributed by atoms with Gasteiger partial charge in [0.15, 0.2) is 0 Å². The lowest BCUT2D eigenvalue weighted by atomic mass is 9.68. The first-order valence-corrected chi connectivity index (χ1v) is 6.35. The predicted octanol–water partition coefficient (Wildman–Crippen LogP) is 3.59. The van der Waals surface area contributed by atoms with E-state index in [1.165, 1.54) is 38.6 Å². The Kier molecular flexibility index (Phi) is 4.43. The van der Waals surface area contributed by atoms with Crippen molar-refractivity contribution in [2.45, 2.75) is 65.8 Å². The standard InChI is InChI=1S/C13H27N/c1-5-10-14-12(11-8-7-9-11)13(3,4)6-2/h11-12,14H,5-10H2,1-4H3. The van der Waals surface area contributed by atoms with Gasteiger partial charge in [-0.1, -0.05) is 34.1 Å². The fourth-order valence-electron chi connectivity index (χ4n) is 2.37. The van der Waals surface area contributed by atoms with Gasteiger partial charge in [0, 0.05) is 6.04 Å². The van der Waals surface area contributed by atoms with Crippen LogP contribution < -0.4 is 5.32 Å². The molecule has 1 unspecified atom stereocenters. The second-order valence-corrected chi connectivity index (χ2v) is 5.46. The fourth-order valence-corrected chi connectivity index (χ4v) is 2.37. The van der Waals surface area contributed by atoms with E-state index in [4.69, 9.17) is 0 Å². The summed E-state index contributed by atoms with van der Waals surface area (Å²) in [5.74, 6) is 0.955. The van der Waals surface area contributed by atoms with E-state index < -0.39 is 0 Å². The molecule has 1 heteroatoms. The summed E-state index contributed by atoms with van der Waals surface area (Å²) in [4.78, 5) is 0. The second kappa shape index (κ2) is 5.16. The van der Waals surface area contributed by atoms with Gasteiger partial charge in [-0.25, -0.2) is 0 Å². The molecule has 1 saturated carbocycles. The molecule has 1 nitrogen and oxygen atoms in total. The van der Waals surface area contributed by atoms with Gasteiger partial charge in [-0.15, -0.1) is 0 Å². The third-order valence-corrected chi connectivity index (χ3v) is 3.99. The molecule has 0 aromatic rings. The first kappa shape index (κ1) is 12.0. The van der Waals surface area contributed by atoms with Crippen LogP contribution in [0.25, 0.3) is 0 Å². The van der Waals surface area contributed by atoms with Crippen molar-refractivity contribution in [3.05, 3.63) is 0 Å². The van der Waals surface area contributed by atoms with Crippen LogP contribution in [0.2, 0.25) is 0 Å². The van der Waals surface area contributed by atoms with Crippen molar-refractivity contribution < 1.29 is 0 Å². The Morgan fingerprint density at radius 3 is 2.29 bits per heavy atom. The SMILES string of the molecule is CCCNC(C1CCC1)C(C)(C)CC. The third kappa shape index (κ3) is 2.73. The molecule has 0 bridgehead atoms. The maximum absolute atomic E-state index is 3.76. The van der Waals surface area contributed by atoms with Gasteiger partial charge in [-0.2, -0.15) is 0 Å². The van der Waals surface area contributed by atoms with Crippen LogP contribution in [0.3, 0.4) is 0 Å². The van der Waals surface area contributed by atoms with Crippen LogP contribution in [0.1, 0.15) is 59.8 Å². The van der Waals surface area contributed by atoms with E-state index in [0.29, 0.717) is 5.41 Å². The third-order valence-electron chi connectivity index (χ3n) is 3.99. The van der Waals surface area contributed by atoms with Crippen LogP contribution in [-0.2, 0) is 0 Å². The summed E-state index contributed by atoms with van der Waals surface area (Å²) >= 11 is 0. The van der Waals surface area contributed by atoms with E-state index in [9.17, 15) is 0 Å². The van der Waals surface area contributed by atoms with E-state index in [0.717, 1.165) is 12.0 Å². The number of hydrogen-bond acceptors (Lipinski definition) is 1. The van der Waals surface area contributed by atoms with Crippen LogP contribution >= 0.6 is 0 Å². The summed E-state index contributed by atoms with van der Waals surface area (Å²) in [5, 5.41) is 3.76. The van der Waals surface area contributed by atoms with Crippen molar-refractivity contribution >= 4 is 0 Å². The van der Waals surface area contributed by atoms with E-state index in [1.807, 2.05) is 0 Å². The summed E-state index contributed by atoms with van der Waals surface area (Å²) in [6.45, 7) is 10.6. The van der Waals surface area contributed by atoms with Crippen molar-refractivity contribution in [1.82, 2.24) is 5.32 Å². The van der Waals surface area contributed by atoms with Gasteiger partial charge in [-0.05, 0) is 43.6 Å². The smallest absolute Gasteiger partial charge is 0.0146 e. The summed E-state index contributed by atoms with van der Waals surface area (Å²) in [6, 6.07) is 0.751. The first-order valence-electron chi connectivity index (χ1n) is 6.35. The average molecular weight is 197 g/mol. The van der Waals surface area contributed by atoms with Gasteiger partial charge in [0.05, 0.1) is 0 Å². The molecule has 0 amide bonds. The maximum atomic E-state index is 3.76. The molecule has 1 rings (SSSR count). The minimum atomic E-state index is 0.472. The largest absolute Gasteiger partial charge is 0.313 e. The van der Waals surface area contributed by atoms with E-state index in [1.54, 1.807) is 0 Å². The molecule has 0 spiro atoms. The topological polar surface area (TPSA) is 12.0 Å².